The van der Waals surface area contributed by atoms with E-state index in [0.29, 0.717) is 18.5 Å². The minimum Gasteiger partial charge on any atom is -0.385 e. The number of nitrogens with zero attached hydrogens (tertiary/aromatic N) is 1. The molecular formula is C16H21NO4. The number of ether oxygens (including phenoxy) is 1. The molecule has 2 aromatic rings. The predicted octanol–water partition coefficient (Wildman–Crippen LogP) is 1.72. The molecule has 0 spiro atoms. The Morgan fingerprint density at radius 2 is 2.05 bits per heavy atom. The molecule has 1 aromatic carbocycles. The van der Waals surface area contributed by atoms with Crippen LogP contribution in [0.5, 0.6) is 0 Å². The second-order valence-electron chi connectivity index (χ2n) is 5.20. The van der Waals surface area contributed by atoms with Crippen molar-refractivity contribution in [1.29, 1.82) is 0 Å². The second kappa shape index (κ2) is 6.85. The Hall–Kier alpha value is -1.69. The zero-order valence-corrected chi connectivity index (χ0v) is 12.4. The van der Waals surface area contributed by atoms with Crippen LogP contribution in [0.3, 0.4) is 0 Å². The number of aromatic nitrogens is 1. The number of aliphatic hydroxyl groups excluding tert-OH is 1. The maximum atomic E-state index is 12.3. The molecule has 0 amide bonds. The number of hydrogen-bond acceptors (Lipinski definition) is 4. The fraction of sp³-hybridized carbons (Fsp3) is 0.438. The van der Waals surface area contributed by atoms with Crippen LogP contribution in [-0.2, 0) is 11.3 Å². The number of methoxy groups -OCH3 is 1. The molecule has 1 aromatic heterocycles. The quantitative estimate of drug-likeness (QED) is 0.628. The van der Waals surface area contributed by atoms with Crippen molar-refractivity contribution in [3.05, 3.63) is 45.7 Å². The first kappa shape index (κ1) is 15.7. The van der Waals surface area contributed by atoms with Crippen molar-refractivity contribution in [3.63, 3.8) is 0 Å². The maximum absolute atomic E-state index is 12.3. The highest BCUT2D eigenvalue weighted by atomic mass is 16.5. The van der Waals surface area contributed by atoms with Crippen LogP contribution in [0, 0.1) is 6.92 Å². The summed E-state index contributed by atoms with van der Waals surface area (Å²) in [6.07, 6.45) is 1.59. The molecule has 2 rings (SSSR count). The summed E-state index contributed by atoms with van der Waals surface area (Å²) in [5, 5.41) is 19.3. The molecule has 0 bridgehead atoms. The third-order valence-electron chi connectivity index (χ3n) is 3.54. The summed E-state index contributed by atoms with van der Waals surface area (Å²) in [5.74, 6) is 0. The van der Waals surface area contributed by atoms with Gasteiger partial charge < -0.3 is 19.5 Å². The van der Waals surface area contributed by atoms with Gasteiger partial charge >= 0.3 is 0 Å². The topological polar surface area (TPSA) is 71.7 Å². The van der Waals surface area contributed by atoms with E-state index in [1.54, 1.807) is 19.4 Å². The normalized spacial score (nSPS) is 11.5. The van der Waals surface area contributed by atoms with Crippen LogP contribution in [0.4, 0.5) is 0 Å². The summed E-state index contributed by atoms with van der Waals surface area (Å²) in [6.45, 7) is 3.35. The van der Waals surface area contributed by atoms with Gasteiger partial charge in [0.1, 0.15) is 0 Å². The average Bonchev–Trinajstić information content (AvgIpc) is 2.45. The van der Waals surface area contributed by atoms with Crippen molar-refractivity contribution in [2.75, 3.05) is 13.7 Å². The van der Waals surface area contributed by atoms with Gasteiger partial charge in [0.2, 0.25) is 0 Å². The molecule has 0 aliphatic carbocycles. The van der Waals surface area contributed by atoms with Gasteiger partial charge in [-0.05, 0) is 37.5 Å². The highest BCUT2D eigenvalue weighted by Crippen LogP contribution is 2.17. The SMILES string of the molecule is COCCCCn1cc(C(O)O)c(=O)c2ccc(C)cc21. The number of rotatable bonds is 6. The first-order valence-corrected chi connectivity index (χ1v) is 7.03. The van der Waals surface area contributed by atoms with Gasteiger partial charge in [0.15, 0.2) is 11.7 Å². The Morgan fingerprint density at radius 1 is 1.29 bits per heavy atom. The van der Waals surface area contributed by atoms with Gasteiger partial charge in [0, 0.05) is 31.8 Å². The van der Waals surface area contributed by atoms with Crippen molar-refractivity contribution in [1.82, 2.24) is 4.57 Å². The van der Waals surface area contributed by atoms with Crippen LogP contribution in [0.1, 0.15) is 30.3 Å². The van der Waals surface area contributed by atoms with E-state index in [1.807, 2.05) is 23.6 Å². The summed E-state index contributed by atoms with van der Waals surface area (Å²) >= 11 is 0. The molecular weight excluding hydrogens is 270 g/mol. The number of fused-ring (bicyclic) bond motifs is 1. The first-order valence-electron chi connectivity index (χ1n) is 7.03. The van der Waals surface area contributed by atoms with Crippen LogP contribution >= 0.6 is 0 Å². The molecule has 0 unspecified atom stereocenters. The molecule has 0 aliphatic rings. The van der Waals surface area contributed by atoms with Crippen molar-refractivity contribution >= 4 is 10.9 Å². The maximum Gasteiger partial charge on any atom is 0.197 e. The van der Waals surface area contributed by atoms with Crippen LogP contribution in [-0.4, -0.2) is 28.5 Å². The highest BCUT2D eigenvalue weighted by Gasteiger charge is 2.13. The Bertz CT molecular complexity index is 676. The molecule has 0 fully saturated rings. The molecule has 0 atom stereocenters. The highest BCUT2D eigenvalue weighted by molar-refractivity contribution is 5.80. The van der Waals surface area contributed by atoms with E-state index in [2.05, 4.69) is 0 Å². The monoisotopic (exact) mass is 291 g/mol. The van der Waals surface area contributed by atoms with Gasteiger partial charge in [0.05, 0.1) is 11.1 Å². The van der Waals surface area contributed by atoms with Gasteiger partial charge in [-0.1, -0.05) is 6.07 Å². The number of aryl methyl sites for hydroxylation is 2. The Labute approximate surface area is 123 Å². The van der Waals surface area contributed by atoms with Crippen molar-refractivity contribution in [2.24, 2.45) is 0 Å². The molecule has 5 heteroatoms. The lowest BCUT2D eigenvalue weighted by atomic mass is 10.1. The van der Waals surface area contributed by atoms with Gasteiger partial charge in [-0.3, -0.25) is 4.79 Å². The van der Waals surface area contributed by atoms with Gasteiger partial charge in [-0.25, -0.2) is 0 Å². The van der Waals surface area contributed by atoms with Crippen molar-refractivity contribution in [3.8, 4) is 0 Å². The summed E-state index contributed by atoms with van der Waals surface area (Å²) in [6, 6.07) is 5.54. The zero-order chi connectivity index (χ0) is 15.4. The zero-order valence-electron chi connectivity index (χ0n) is 12.4. The minimum atomic E-state index is -1.76. The molecule has 1 heterocycles. The minimum absolute atomic E-state index is 0.0121. The average molecular weight is 291 g/mol. The number of pyridine rings is 1. The molecule has 0 saturated carbocycles. The molecule has 0 saturated heterocycles. The number of unbranched alkanes of at least 4 members (excludes halogenated alkanes) is 1. The molecule has 2 N–H and O–H groups in total. The molecule has 5 nitrogen and oxygen atoms in total. The third kappa shape index (κ3) is 3.50. The number of hydrogen-bond donors (Lipinski definition) is 2. The Kier molecular flexibility index (Phi) is 5.12. The Balaban J connectivity index is 2.48. The van der Waals surface area contributed by atoms with Crippen molar-refractivity contribution in [2.45, 2.75) is 32.6 Å². The van der Waals surface area contributed by atoms with E-state index in [9.17, 15) is 15.0 Å². The molecule has 0 aliphatic heterocycles. The lowest BCUT2D eigenvalue weighted by molar-refractivity contribution is -0.0435. The third-order valence-corrected chi connectivity index (χ3v) is 3.54. The standard InChI is InChI=1S/C16H21NO4/c1-11-5-6-12-14(9-11)17(7-3-4-8-21-2)10-13(15(12)18)16(19)20/h5-6,9-10,16,19-20H,3-4,7-8H2,1-2H3. The smallest absolute Gasteiger partial charge is 0.197 e. The van der Waals surface area contributed by atoms with E-state index in [1.165, 1.54) is 0 Å². The summed E-state index contributed by atoms with van der Waals surface area (Å²) < 4.78 is 6.94. The van der Waals surface area contributed by atoms with Gasteiger partial charge in [0.25, 0.3) is 0 Å². The van der Waals surface area contributed by atoms with E-state index in [-0.39, 0.29) is 11.0 Å². The van der Waals surface area contributed by atoms with E-state index < -0.39 is 6.29 Å². The van der Waals surface area contributed by atoms with Crippen LogP contribution in [0.15, 0.2) is 29.2 Å². The van der Waals surface area contributed by atoms with Crippen LogP contribution in [0.2, 0.25) is 0 Å². The number of aliphatic hydroxyl groups is 2. The summed E-state index contributed by atoms with van der Waals surface area (Å²) in [7, 11) is 1.67. The Morgan fingerprint density at radius 3 is 2.71 bits per heavy atom. The lowest BCUT2D eigenvalue weighted by Gasteiger charge is -2.15. The van der Waals surface area contributed by atoms with Gasteiger partial charge in [-0.2, -0.15) is 0 Å². The second-order valence-corrected chi connectivity index (χ2v) is 5.20. The van der Waals surface area contributed by atoms with Crippen LogP contribution < -0.4 is 5.43 Å². The van der Waals surface area contributed by atoms with E-state index in [4.69, 9.17) is 4.74 Å². The summed E-state index contributed by atoms with van der Waals surface area (Å²) in [4.78, 5) is 12.3. The van der Waals surface area contributed by atoms with E-state index >= 15 is 0 Å². The van der Waals surface area contributed by atoms with E-state index in [0.717, 1.165) is 23.9 Å². The van der Waals surface area contributed by atoms with Crippen molar-refractivity contribution < 1.29 is 14.9 Å². The lowest BCUT2D eigenvalue weighted by Crippen LogP contribution is -2.18. The molecule has 0 radical (unpaired) electrons. The van der Waals surface area contributed by atoms with Crippen LogP contribution in [0.25, 0.3) is 10.9 Å². The fourth-order valence-corrected chi connectivity index (χ4v) is 2.42. The van der Waals surface area contributed by atoms with Gasteiger partial charge in [-0.15, -0.1) is 0 Å². The number of benzene rings is 1. The summed E-state index contributed by atoms with van der Waals surface area (Å²) in [5.41, 5.74) is 1.57. The first-order chi connectivity index (χ1) is 10.0. The molecule has 21 heavy (non-hydrogen) atoms. The largest absolute Gasteiger partial charge is 0.385 e. The fourth-order valence-electron chi connectivity index (χ4n) is 2.42. The predicted molar refractivity (Wildman–Crippen MR) is 81.2 cm³/mol. The molecule has 114 valence electrons.